The number of rotatable bonds is 3. The van der Waals surface area contributed by atoms with Crippen LogP contribution in [-0.2, 0) is 0 Å². The predicted molar refractivity (Wildman–Crippen MR) is 70.4 cm³/mol. The molecule has 3 N–H and O–H groups in total. The number of aliphatic hydroxyl groups excluding tert-OH is 1. The number of nitrogens with one attached hydrogen (secondary N) is 1. The third kappa shape index (κ3) is 4.19. The first-order valence-corrected chi connectivity index (χ1v) is 6.02. The van der Waals surface area contributed by atoms with Gasteiger partial charge >= 0.3 is 0 Å². The van der Waals surface area contributed by atoms with E-state index in [9.17, 15) is 10.2 Å². The molecule has 1 rings (SSSR count). The van der Waals surface area contributed by atoms with Crippen molar-refractivity contribution in [2.75, 3.05) is 0 Å². The second-order valence-electron chi connectivity index (χ2n) is 5.34. The minimum atomic E-state index is -0.660. The minimum absolute atomic E-state index is 0.0269. The summed E-state index contributed by atoms with van der Waals surface area (Å²) in [6, 6.07) is 4.65. The highest BCUT2D eigenvalue weighted by molar-refractivity contribution is 6.32. The summed E-state index contributed by atoms with van der Waals surface area (Å²) in [5.74, 6) is 0.0269. The number of aliphatic hydroxyl groups is 1. The Kier molecular flexibility index (Phi) is 4.42. The molecule has 0 aliphatic heterocycles. The van der Waals surface area contributed by atoms with Gasteiger partial charge in [-0.2, -0.15) is 0 Å². The Labute approximate surface area is 107 Å². The maximum atomic E-state index is 10.2. The van der Waals surface area contributed by atoms with Crippen LogP contribution in [0.25, 0.3) is 0 Å². The van der Waals surface area contributed by atoms with Crippen molar-refractivity contribution < 1.29 is 10.2 Å². The molecular weight excluding hydrogens is 238 g/mol. The molecule has 4 heteroatoms. The van der Waals surface area contributed by atoms with Crippen LogP contribution in [0, 0.1) is 0 Å². The van der Waals surface area contributed by atoms with Gasteiger partial charge in [-0.3, -0.25) is 0 Å². The fourth-order valence-electron chi connectivity index (χ4n) is 1.76. The van der Waals surface area contributed by atoms with Crippen LogP contribution in [0.15, 0.2) is 18.2 Å². The second kappa shape index (κ2) is 5.25. The average molecular weight is 258 g/mol. The van der Waals surface area contributed by atoms with Gasteiger partial charge in [-0.15, -0.1) is 0 Å². The van der Waals surface area contributed by atoms with Crippen molar-refractivity contribution >= 4 is 11.6 Å². The highest BCUT2D eigenvalue weighted by atomic mass is 35.5. The van der Waals surface area contributed by atoms with Crippen LogP contribution in [0.3, 0.4) is 0 Å². The lowest BCUT2D eigenvalue weighted by molar-refractivity contribution is 0.121. The van der Waals surface area contributed by atoms with Crippen LogP contribution >= 0.6 is 11.6 Å². The van der Waals surface area contributed by atoms with E-state index < -0.39 is 6.10 Å². The predicted octanol–water partition coefficient (Wildman–Crippen LogP) is 2.86. The molecule has 1 aromatic rings. The summed E-state index contributed by atoms with van der Waals surface area (Å²) >= 11 is 5.81. The first-order valence-electron chi connectivity index (χ1n) is 5.65. The highest BCUT2D eigenvalue weighted by Crippen LogP contribution is 2.28. The largest absolute Gasteiger partial charge is 0.506 e. The van der Waals surface area contributed by atoms with E-state index in [0.29, 0.717) is 5.56 Å². The number of hydrogen-bond acceptors (Lipinski definition) is 3. The van der Waals surface area contributed by atoms with E-state index >= 15 is 0 Å². The van der Waals surface area contributed by atoms with E-state index in [0.717, 1.165) is 0 Å². The molecule has 0 bridgehead atoms. The minimum Gasteiger partial charge on any atom is -0.506 e. The number of phenols is 1. The quantitative estimate of drug-likeness (QED) is 0.781. The lowest BCUT2D eigenvalue weighted by atomic mass is 10.00. The monoisotopic (exact) mass is 257 g/mol. The Hall–Kier alpha value is -0.770. The van der Waals surface area contributed by atoms with Crippen molar-refractivity contribution in [1.29, 1.82) is 0 Å². The van der Waals surface area contributed by atoms with Crippen molar-refractivity contribution in [1.82, 2.24) is 5.32 Å². The first-order chi connectivity index (χ1) is 7.70. The third-order valence-electron chi connectivity index (χ3n) is 2.45. The zero-order chi connectivity index (χ0) is 13.2. The van der Waals surface area contributed by atoms with E-state index in [1.165, 1.54) is 6.07 Å². The fraction of sp³-hybridized carbons (Fsp3) is 0.538. The summed E-state index contributed by atoms with van der Waals surface area (Å²) < 4.78 is 0. The normalized spacial score (nSPS) is 15.6. The molecule has 1 aromatic carbocycles. The molecule has 0 aromatic heterocycles. The molecular formula is C13H20ClNO2. The summed E-state index contributed by atoms with van der Waals surface area (Å²) in [7, 11) is 0. The van der Waals surface area contributed by atoms with Crippen LogP contribution in [0.2, 0.25) is 5.02 Å². The maximum absolute atomic E-state index is 10.2. The van der Waals surface area contributed by atoms with Gasteiger partial charge in [-0.25, -0.2) is 0 Å². The van der Waals surface area contributed by atoms with Crippen molar-refractivity contribution in [3.63, 3.8) is 0 Å². The zero-order valence-electron chi connectivity index (χ0n) is 10.7. The van der Waals surface area contributed by atoms with Crippen molar-refractivity contribution in [3.8, 4) is 5.75 Å². The summed E-state index contributed by atoms with van der Waals surface area (Å²) in [5, 5.41) is 23.0. The Morgan fingerprint density at radius 3 is 2.35 bits per heavy atom. The number of halogens is 1. The molecule has 0 spiro atoms. The molecule has 0 aliphatic carbocycles. The molecule has 0 fully saturated rings. The van der Waals surface area contributed by atoms with Gasteiger partial charge in [0.05, 0.1) is 11.1 Å². The van der Waals surface area contributed by atoms with E-state index in [-0.39, 0.29) is 22.4 Å². The maximum Gasteiger partial charge on any atom is 0.134 e. The van der Waals surface area contributed by atoms with E-state index in [1.54, 1.807) is 12.1 Å². The van der Waals surface area contributed by atoms with Crippen LogP contribution in [0.4, 0.5) is 0 Å². The van der Waals surface area contributed by atoms with E-state index in [2.05, 4.69) is 5.32 Å². The topological polar surface area (TPSA) is 52.5 Å². The summed E-state index contributed by atoms with van der Waals surface area (Å²) in [6.07, 6.45) is -0.660. The molecule has 17 heavy (non-hydrogen) atoms. The van der Waals surface area contributed by atoms with Crippen LogP contribution in [0.1, 0.15) is 39.4 Å². The molecule has 0 saturated carbocycles. The van der Waals surface area contributed by atoms with Gasteiger partial charge in [0, 0.05) is 11.6 Å². The molecule has 0 unspecified atom stereocenters. The molecule has 96 valence electrons. The van der Waals surface area contributed by atoms with Gasteiger partial charge < -0.3 is 15.5 Å². The van der Waals surface area contributed by atoms with Crippen molar-refractivity contribution in [3.05, 3.63) is 28.8 Å². The molecule has 3 nitrogen and oxygen atoms in total. The van der Waals surface area contributed by atoms with Gasteiger partial charge in [0.25, 0.3) is 0 Å². The first kappa shape index (κ1) is 14.3. The zero-order valence-corrected chi connectivity index (χ0v) is 11.4. The Balaban J connectivity index is 2.81. The van der Waals surface area contributed by atoms with Crippen LogP contribution in [-0.4, -0.2) is 21.8 Å². The van der Waals surface area contributed by atoms with E-state index in [1.807, 2.05) is 27.7 Å². The van der Waals surface area contributed by atoms with Gasteiger partial charge in [0.2, 0.25) is 0 Å². The number of phenolic OH excluding ortho intramolecular Hbond substituents is 1. The third-order valence-corrected chi connectivity index (χ3v) is 2.75. The van der Waals surface area contributed by atoms with E-state index in [4.69, 9.17) is 11.6 Å². The Morgan fingerprint density at radius 2 is 1.88 bits per heavy atom. The summed E-state index contributed by atoms with van der Waals surface area (Å²) in [5.41, 5.74) is 0.623. The summed E-state index contributed by atoms with van der Waals surface area (Å²) in [6.45, 7) is 8.04. The molecule has 0 radical (unpaired) electrons. The molecule has 0 heterocycles. The number of hydrogen-bond donors (Lipinski definition) is 3. The Morgan fingerprint density at radius 1 is 1.29 bits per heavy atom. The number of aromatic hydroxyl groups is 1. The van der Waals surface area contributed by atoms with Crippen molar-refractivity contribution in [2.45, 2.75) is 45.4 Å². The second-order valence-corrected chi connectivity index (χ2v) is 5.75. The molecule has 0 amide bonds. The van der Waals surface area contributed by atoms with Gasteiger partial charge in [-0.1, -0.05) is 17.7 Å². The fourth-order valence-corrected chi connectivity index (χ4v) is 1.95. The average Bonchev–Trinajstić information content (AvgIpc) is 2.18. The molecule has 2 atom stereocenters. The SMILES string of the molecule is C[C@@H](NC(C)(C)C)[C@@H](O)c1ccc(O)c(Cl)c1. The Bertz CT molecular complexity index is 387. The smallest absolute Gasteiger partial charge is 0.134 e. The van der Waals surface area contributed by atoms with Gasteiger partial charge in [0.15, 0.2) is 0 Å². The lowest BCUT2D eigenvalue weighted by Gasteiger charge is -2.29. The highest BCUT2D eigenvalue weighted by Gasteiger charge is 2.21. The van der Waals surface area contributed by atoms with Gasteiger partial charge in [0.1, 0.15) is 5.75 Å². The van der Waals surface area contributed by atoms with Crippen LogP contribution in [0.5, 0.6) is 5.75 Å². The number of benzene rings is 1. The molecule has 0 saturated heterocycles. The molecule has 0 aliphatic rings. The standard InChI is InChI=1S/C13H20ClNO2/c1-8(15-13(2,3)4)12(17)9-5-6-11(16)10(14)7-9/h5-8,12,15-17H,1-4H3/t8-,12-/m1/s1. The van der Waals surface area contributed by atoms with Crippen molar-refractivity contribution in [2.24, 2.45) is 0 Å². The lowest BCUT2D eigenvalue weighted by Crippen LogP contribution is -2.44. The summed E-state index contributed by atoms with van der Waals surface area (Å²) in [4.78, 5) is 0. The van der Waals surface area contributed by atoms with Gasteiger partial charge in [-0.05, 0) is 45.4 Å². The van der Waals surface area contributed by atoms with Crippen LogP contribution < -0.4 is 5.32 Å².